The molecule has 6 N–H and O–H groups in total. The average Bonchev–Trinajstić information content (AvgIpc) is 0.811. The van der Waals surface area contributed by atoms with Crippen molar-refractivity contribution >= 4 is 19.6 Å². The fraction of sp³-hybridized carbons (Fsp3) is 0. The number of rotatable bonds is 0. The van der Waals surface area contributed by atoms with Gasteiger partial charge in [-0.2, -0.15) is 13.5 Å². The van der Waals surface area contributed by atoms with Crippen LogP contribution in [0.2, 0.25) is 0 Å². The highest BCUT2D eigenvalue weighted by atomic mass is 32.1. The minimum Gasteiger partial charge on any atom is -0.465 e. The molecule has 0 aliphatic carbocycles. The van der Waals surface area contributed by atoms with Crippen molar-refractivity contribution in [2.24, 2.45) is 5.73 Å². The van der Waals surface area contributed by atoms with Crippen molar-refractivity contribution in [3.63, 3.8) is 0 Å². The van der Waals surface area contributed by atoms with Crippen molar-refractivity contribution in [2.75, 3.05) is 0 Å². The third kappa shape index (κ3) is 135. The molecule has 0 spiro atoms. The highest BCUT2D eigenvalue weighted by Crippen LogP contribution is 1.34. The molecule has 0 aromatic carbocycles. The third-order valence-corrected chi connectivity index (χ3v) is 0. The Balaban J connectivity index is -0.0000000450. The Kier molecular flexibility index (Phi) is 25.8. The Bertz CT molecular complexity index is 34.5. The summed E-state index contributed by atoms with van der Waals surface area (Å²) in [4.78, 5) is 8.78. The number of nitrogens with two attached hydrogens (primary N) is 1. The Labute approximate surface area is 42.4 Å². The van der Waals surface area contributed by atoms with Gasteiger partial charge in [-0.05, 0) is 0 Å². The van der Waals surface area contributed by atoms with E-state index in [4.69, 9.17) is 9.90 Å². The van der Waals surface area contributed by atoms with E-state index in [0.29, 0.717) is 0 Å². The van der Waals surface area contributed by atoms with Crippen LogP contribution in [0.1, 0.15) is 0 Å². The molecule has 0 unspecified atom stereocenters. The Hall–Kier alpha value is -0.420. The van der Waals surface area contributed by atoms with Gasteiger partial charge in [-0.3, -0.25) is 0 Å². The third-order valence-electron chi connectivity index (χ3n) is 0. The average molecular weight is 112 g/mol. The lowest BCUT2D eigenvalue weighted by molar-refractivity contribution is 0.205. The maximum atomic E-state index is 8.78. The first kappa shape index (κ1) is 17.6. The van der Waals surface area contributed by atoms with E-state index in [9.17, 15) is 0 Å². The summed E-state index contributed by atoms with van der Waals surface area (Å²) < 4.78 is 0. The normalized spacial score (nSPS) is 4.00. The van der Waals surface area contributed by atoms with Gasteiger partial charge < -0.3 is 17.0 Å². The van der Waals surface area contributed by atoms with Gasteiger partial charge >= 0.3 is 6.09 Å². The van der Waals surface area contributed by atoms with Crippen LogP contribution in [0, 0.1) is 0 Å². The van der Waals surface area contributed by atoms with E-state index >= 15 is 0 Å². The van der Waals surface area contributed by atoms with Gasteiger partial charge in [0.25, 0.3) is 0 Å². The van der Waals surface area contributed by atoms with Gasteiger partial charge in [0.1, 0.15) is 0 Å². The fourth-order valence-electron chi connectivity index (χ4n) is 0. The Morgan fingerprint density at radius 1 is 1.67 bits per heavy atom. The zero-order valence-corrected chi connectivity index (χ0v) is 4.14. The van der Waals surface area contributed by atoms with Crippen molar-refractivity contribution in [1.82, 2.24) is 6.15 Å². The van der Waals surface area contributed by atoms with Crippen molar-refractivity contribution in [1.29, 1.82) is 0 Å². The standard InChI is InChI=1S/CH3NO2.H3N.H2S/c2-1(3)4;;/h2H2,(H,3,4);1H3;1H2. The summed E-state index contributed by atoms with van der Waals surface area (Å²) in [5.74, 6) is 0. The second-order valence-corrected chi connectivity index (χ2v) is 0.338. The first-order chi connectivity index (χ1) is 1.73. The van der Waals surface area contributed by atoms with E-state index in [1.165, 1.54) is 0 Å². The number of amides is 1. The largest absolute Gasteiger partial charge is 0.465 e. The van der Waals surface area contributed by atoms with Crippen LogP contribution in [-0.2, 0) is 0 Å². The lowest BCUT2D eigenvalue weighted by Gasteiger charge is -1.61. The van der Waals surface area contributed by atoms with E-state index < -0.39 is 6.09 Å². The smallest absolute Gasteiger partial charge is 0.402 e. The molecule has 1 amide bonds. The van der Waals surface area contributed by atoms with Crippen LogP contribution in [0.15, 0.2) is 0 Å². The van der Waals surface area contributed by atoms with Crippen molar-refractivity contribution in [3.8, 4) is 0 Å². The van der Waals surface area contributed by atoms with Gasteiger partial charge in [-0.15, -0.1) is 0 Å². The summed E-state index contributed by atoms with van der Waals surface area (Å²) in [6.45, 7) is 0. The van der Waals surface area contributed by atoms with Crippen molar-refractivity contribution in [2.45, 2.75) is 0 Å². The quantitative estimate of drug-likeness (QED) is 0.408. The summed E-state index contributed by atoms with van der Waals surface area (Å²) >= 11 is 0. The molecule has 0 aromatic heterocycles. The van der Waals surface area contributed by atoms with Crippen LogP contribution in [-0.4, -0.2) is 11.2 Å². The molecule has 0 aromatic rings. The molecule has 0 bridgehead atoms. The monoisotopic (exact) mass is 112 g/mol. The Morgan fingerprint density at radius 2 is 1.67 bits per heavy atom. The molecule has 6 heavy (non-hydrogen) atoms. The molecule has 40 valence electrons. The second kappa shape index (κ2) is 8.82. The van der Waals surface area contributed by atoms with E-state index in [2.05, 4.69) is 5.73 Å². The minimum absolute atomic E-state index is 0. The first-order valence-corrected chi connectivity index (χ1v) is 0.716. The van der Waals surface area contributed by atoms with Crippen molar-refractivity contribution < 1.29 is 9.90 Å². The van der Waals surface area contributed by atoms with Gasteiger partial charge in [0, 0.05) is 0 Å². The number of hydrogen-bond donors (Lipinski definition) is 3. The highest BCUT2D eigenvalue weighted by molar-refractivity contribution is 7.59. The highest BCUT2D eigenvalue weighted by Gasteiger charge is 1.65. The lowest BCUT2D eigenvalue weighted by Crippen LogP contribution is -2.03. The molecular formula is CH8N2O2S. The van der Waals surface area contributed by atoms with Gasteiger partial charge in [0.15, 0.2) is 0 Å². The number of primary amides is 1. The summed E-state index contributed by atoms with van der Waals surface area (Å²) in [5.41, 5.74) is 4.03. The zero-order valence-electron chi connectivity index (χ0n) is 3.14. The van der Waals surface area contributed by atoms with Crippen LogP contribution in [0.4, 0.5) is 4.79 Å². The SMILES string of the molecule is N.NC(=O)O.S. The minimum atomic E-state index is -1.33. The van der Waals surface area contributed by atoms with Gasteiger partial charge in [0.05, 0.1) is 0 Å². The van der Waals surface area contributed by atoms with Crippen LogP contribution >= 0.6 is 13.5 Å². The van der Waals surface area contributed by atoms with Gasteiger partial charge in [-0.1, -0.05) is 0 Å². The maximum Gasteiger partial charge on any atom is 0.402 e. The lowest BCUT2D eigenvalue weighted by atomic mass is 11.3. The summed E-state index contributed by atoms with van der Waals surface area (Å²) in [6, 6.07) is 0. The molecule has 5 heteroatoms. The van der Waals surface area contributed by atoms with E-state index in [1.807, 2.05) is 0 Å². The van der Waals surface area contributed by atoms with Crippen molar-refractivity contribution in [3.05, 3.63) is 0 Å². The number of carbonyl (C=O) groups is 1. The van der Waals surface area contributed by atoms with E-state index in [-0.39, 0.29) is 19.6 Å². The first-order valence-electron chi connectivity index (χ1n) is 0.716. The molecule has 0 aliphatic heterocycles. The molecule has 0 atom stereocenters. The van der Waals surface area contributed by atoms with Crippen LogP contribution in [0.25, 0.3) is 0 Å². The molecule has 0 aliphatic rings. The van der Waals surface area contributed by atoms with Crippen LogP contribution in [0.3, 0.4) is 0 Å². The molecule has 0 saturated carbocycles. The molecule has 0 radical (unpaired) electrons. The predicted octanol–water partition coefficient (Wildman–Crippen LogP) is -0.102. The number of carboxylic acid groups (broad SMARTS) is 1. The van der Waals surface area contributed by atoms with Gasteiger partial charge in [-0.25, -0.2) is 4.79 Å². The molecule has 0 fully saturated rings. The maximum absolute atomic E-state index is 8.78. The Morgan fingerprint density at radius 3 is 1.67 bits per heavy atom. The van der Waals surface area contributed by atoms with E-state index in [0.717, 1.165) is 0 Å². The summed E-state index contributed by atoms with van der Waals surface area (Å²) in [7, 11) is 0. The van der Waals surface area contributed by atoms with E-state index in [1.54, 1.807) is 0 Å². The fourth-order valence-corrected chi connectivity index (χ4v) is 0. The summed E-state index contributed by atoms with van der Waals surface area (Å²) in [6.07, 6.45) is -1.33. The topological polar surface area (TPSA) is 98.3 Å². The second-order valence-electron chi connectivity index (χ2n) is 0.338. The molecule has 4 nitrogen and oxygen atoms in total. The molecule has 0 saturated heterocycles. The predicted molar refractivity (Wildman–Crippen MR) is 27.6 cm³/mol. The van der Waals surface area contributed by atoms with Gasteiger partial charge in [0.2, 0.25) is 0 Å². The molecule has 0 heterocycles. The molecule has 0 rings (SSSR count). The number of hydrogen-bond acceptors (Lipinski definition) is 2. The molecular weight excluding hydrogens is 104 g/mol. The van der Waals surface area contributed by atoms with Crippen LogP contribution in [0.5, 0.6) is 0 Å². The zero-order chi connectivity index (χ0) is 3.58. The van der Waals surface area contributed by atoms with Crippen LogP contribution < -0.4 is 11.9 Å². The summed E-state index contributed by atoms with van der Waals surface area (Å²) in [5, 5.41) is 7.19.